The van der Waals surface area contributed by atoms with Gasteiger partial charge in [0.15, 0.2) is 6.10 Å². The van der Waals surface area contributed by atoms with Crippen LogP contribution in [-0.2, 0) is 28.2 Å². The van der Waals surface area contributed by atoms with Crippen LogP contribution in [0.3, 0.4) is 0 Å². The van der Waals surface area contributed by atoms with E-state index in [1.807, 2.05) is 0 Å². The minimum Gasteiger partial charge on any atom is -0.462 e. The SMILES string of the molecule is CCCCCCCCCCCCCCCC(=O)O[C@@H](COP=O)COC(=O)CCCCCCCCN. The van der Waals surface area contributed by atoms with Crippen LogP contribution in [0.25, 0.3) is 0 Å². The minimum absolute atomic E-state index is 0.0657. The van der Waals surface area contributed by atoms with Gasteiger partial charge >= 0.3 is 20.6 Å². The molecular weight excluding hydrogens is 477 g/mol. The molecule has 0 aromatic heterocycles. The van der Waals surface area contributed by atoms with Gasteiger partial charge in [-0.3, -0.25) is 14.1 Å². The first-order valence-electron chi connectivity index (χ1n) is 14.6. The van der Waals surface area contributed by atoms with Crippen LogP contribution >= 0.6 is 8.69 Å². The molecule has 7 nitrogen and oxygen atoms in total. The van der Waals surface area contributed by atoms with Crippen LogP contribution in [-0.4, -0.2) is 37.8 Å². The van der Waals surface area contributed by atoms with E-state index in [9.17, 15) is 14.2 Å². The Morgan fingerprint density at radius 3 is 1.56 bits per heavy atom. The van der Waals surface area contributed by atoms with Gasteiger partial charge in [-0.05, 0) is 25.8 Å². The molecule has 0 aromatic rings. The Labute approximate surface area is 222 Å². The van der Waals surface area contributed by atoms with E-state index < -0.39 is 14.8 Å². The summed E-state index contributed by atoms with van der Waals surface area (Å²) >= 11 is 0. The average Bonchev–Trinajstić information content (AvgIpc) is 2.87. The molecular formula is C28H54NO6P. The van der Waals surface area contributed by atoms with Gasteiger partial charge in [-0.25, -0.2) is 4.57 Å². The first-order chi connectivity index (χ1) is 17.6. The van der Waals surface area contributed by atoms with Crippen LogP contribution in [0.5, 0.6) is 0 Å². The molecule has 36 heavy (non-hydrogen) atoms. The standard InChI is InChI=1S/C28H54NO6P/c1-2-3-4-5-6-7-8-9-10-11-12-16-19-22-28(31)35-26(25-34-36-32)24-33-27(30)21-18-15-13-14-17-20-23-29/h26H,2-25,29H2,1H3/t26-/m1/s1. The average molecular weight is 532 g/mol. The third-order valence-electron chi connectivity index (χ3n) is 6.36. The number of hydrogen-bond acceptors (Lipinski definition) is 7. The molecule has 212 valence electrons. The van der Waals surface area contributed by atoms with Gasteiger partial charge in [0, 0.05) is 12.8 Å². The maximum Gasteiger partial charge on any atom is 0.327 e. The van der Waals surface area contributed by atoms with E-state index in [2.05, 4.69) is 6.92 Å². The van der Waals surface area contributed by atoms with Crippen molar-refractivity contribution in [3.05, 3.63) is 0 Å². The molecule has 0 saturated carbocycles. The normalized spacial score (nSPS) is 12.1. The molecule has 0 fully saturated rings. The third-order valence-corrected chi connectivity index (χ3v) is 6.62. The van der Waals surface area contributed by atoms with Crippen LogP contribution in [0.1, 0.15) is 142 Å². The Kier molecular flexibility index (Phi) is 27.7. The van der Waals surface area contributed by atoms with Crippen LogP contribution in [0.4, 0.5) is 0 Å². The summed E-state index contributed by atoms with van der Waals surface area (Å²) in [7, 11) is -0.490. The van der Waals surface area contributed by atoms with Crippen LogP contribution in [0.15, 0.2) is 0 Å². The Bertz CT molecular complexity index is 520. The monoisotopic (exact) mass is 531 g/mol. The number of hydrogen-bond donors (Lipinski definition) is 1. The van der Waals surface area contributed by atoms with E-state index in [-0.39, 0.29) is 25.2 Å². The van der Waals surface area contributed by atoms with E-state index in [0.29, 0.717) is 12.8 Å². The fraction of sp³-hybridized carbons (Fsp3) is 0.929. The second kappa shape index (κ2) is 28.5. The predicted molar refractivity (Wildman–Crippen MR) is 146 cm³/mol. The van der Waals surface area contributed by atoms with E-state index in [4.69, 9.17) is 19.7 Å². The molecule has 0 bridgehead atoms. The number of nitrogens with two attached hydrogens (primary N) is 1. The summed E-state index contributed by atoms with van der Waals surface area (Å²) in [6.45, 7) is 2.84. The molecule has 0 rings (SSSR count). The second-order valence-electron chi connectivity index (χ2n) is 9.82. The zero-order valence-corrected chi connectivity index (χ0v) is 23.9. The molecule has 0 aliphatic carbocycles. The molecule has 1 atom stereocenters. The fourth-order valence-electron chi connectivity index (χ4n) is 4.14. The largest absolute Gasteiger partial charge is 0.462 e. The maximum atomic E-state index is 12.2. The minimum atomic E-state index is -0.735. The fourth-order valence-corrected chi connectivity index (χ4v) is 4.37. The maximum absolute atomic E-state index is 12.2. The number of esters is 2. The van der Waals surface area contributed by atoms with Gasteiger partial charge in [0.05, 0.1) is 0 Å². The molecule has 0 aromatic carbocycles. The molecule has 0 saturated heterocycles. The molecule has 0 radical (unpaired) electrons. The summed E-state index contributed by atoms with van der Waals surface area (Å²) in [5, 5.41) is 0. The molecule has 0 unspecified atom stereocenters. The van der Waals surface area contributed by atoms with Gasteiger partial charge in [0.25, 0.3) is 0 Å². The van der Waals surface area contributed by atoms with Gasteiger partial charge in [0.1, 0.15) is 13.2 Å². The molecule has 0 amide bonds. The second-order valence-corrected chi connectivity index (χ2v) is 10.2. The highest BCUT2D eigenvalue weighted by atomic mass is 31.1. The zero-order chi connectivity index (χ0) is 26.5. The van der Waals surface area contributed by atoms with Gasteiger partial charge < -0.3 is 15.2 Å². The van der Waals surface area contributed by atoms with E-state index in [0.717, 1.165) is 64.3 Å². The number of carbonyl (C=O) groups excluding carboxylic acids is 2. The van der Waals surface area contributed by atoms with Crippen molar-refractivity contribution in [1.82, 2.24) is 0 Å². The molecule has 0 aliphatic rings. The quantitative estimate of drug-likeness (QED) is 0.0623. The lowest BCUT2D eigenvalue weighted by Crippen LogP contribution is -2.28. The lowest BCUT2D eigenvalue weighted by atomic mass is 10.0. The first kappa shape index (κ1) is 35.0. The van der Waals surface area contributed by atoms with Gasteiger partial charge in [-0.1, -0.05) is 110 Å². The summed E-state index contributed by atoms with van der Waals surface area (Å²) in [5.74, 6) is -0.642. The van der Waals surface area contributed by atoms with Gasteiger partial charge in [0.2, 0.25) is 0 Å². The Morgan fingerprint density at radius 1 is 0.639 bits per heavy atom. The zero-order valence-electron chi connectivity index (χ0n) is 23.0. The Morgan fingerprint density at radius 2 is 1.08 bits per heavy atom. The van der Waals surface area contributed by atoms with E-state index in [1.165, 1.54) is 64.2 Å². The highest BCUT2D eigenvalue weighted by Gasteiger charge is 2.17. The summed E-state index contributed by atoms with van der Waals surface area (Å²) in [6, 6.07) is 0. The van der Waals surface area contributed by atoms with Crippen molar-refractivity contribution in [3.63, 3.8) is 0 Å². The lowest BCUT2D eigenvalue weighted by Gasteiger charge is -2.16. The smallest absolute Gasteiger partial charge is 0.327 e. The third kappa shape index (κ3) is 26.0. The number of ether oxygens (including phenoxy) is 2. The van der Waals surface area contributed by atoms with Gasteiger partial charge in [-0.15, -0.1) is 0 Å². The molecule has 0 spiro atoms. The van der Waals surface area contributed by atoms with Crippen molar-refractivity contribution in [2.24, 2.45) is 5.73 Å². The summed E-state index contributed by atoms with van der Waals surface area (Å²) in [4.78, 5) is 24.1. The number of unbranched alkanes of at least 4 members (excludes halogenated alkanes) is 17. The Hall–Kier alpha value is -1.04. The van der Waals surface area contributed by atoms with Crippen molar-refractivity contribution in [3.8, 4) is 0 Å². The van der Waals surface area contributed by atoms with Crippen LogP contribution in [0, 0.1) is 0 Å². The van der Waals surface area contributed by atoms with Crippen LogP contribution < -0.4 is 5.73 Å². The van der Waals surface area contributed by atoms with Crippen molar-refractivity contribution in [2.45, 2.75) is 148 Å². The highest BCUT2D eigenvalue weighted by molar-refractivity contribution is 7.17. The van der Waals surface area contributed by atoms with Crippen molar-refractivity contribution in [1.29, 1.82) is 0 Å². The van der Waals surface area contributed by atoms with Gasteiger partial charge in [-0.2, -0.15) is 0 Å². The topological polar surface area (TPSA) is 105 Å². The number of rotatable bonds is 28. The molecule has 0 aliphatic heterocycles. The van der Waals surface area contributed by atoms with E-state index >= 15 is 0 Å². The lowest BCUT2D eigenvalue weighted by molar-refractivity contribution is -0.160. The predicted octanol–water partition coefficient (Wildman–Crippen LogP) is 7.84. The first-order valence-corrected chi connectivity index (χ1v) is 15.4. The molecule has 0 heterocycles. The summed E-state index contributed by atoms with van der Waals surface area (Å²) < 4.78 is 26.1. The summed E-state index contributed by atoms with van der Waals surface area (Å²) in [5.41, 5.74) is 5.48. The molecule has 8 heteroatoms. The van der Waals surface area contributed by atoms with Crippen molar-refractivity contribution >= 4 is 20.6 Å². The highest BCUT2D eigenvalue weighted by Crippen LogP contribution is 2.14. The van der Waals surface area contributed by atoms with Crippen LogP contribution in [0.2, 0.25) is 0 Å². The van der Waals surface area contributed by atoms with Crippen molar-refractivity contribution in [2.75, 3.05) is 19.8 Å². The summed E-state index contributed by atoms with van der Waals surface area (Å²) in [6.07, 6.45) is 22.3. The Balaban J connectivity index is 3.79. The van der Waals surface area contributed by atoms with Crippen molar-refractivity contribution < 1.29 is 28.2 Å². The molecule has 2 N–H and O–H groups in total. The van der Waals surface area contributed by atoms with E-state index in [1.54, 1.807) is 0 Å². The number of carbonyl (C=O) groups is 2.